The number of nitrogens with two attached hydrogens (primary N) is 1. The van der Waals surface area contributed by atoms with Crippen LogP contribution in [0.15, 0.2) is 16.7 Å². The minimum absolute atomic E-state index is 0.115. The van der Waals surface area contributed by atoms with Crippen LogP contribution in [-0.4, -0.2) is 22.4 Å². The van der Waals surface area contributed by atoms with Crippen LogP contribution in [0.1, 0.15) is 11.5 Å². The first-order valence-corrected chi connectivity index (χ1v) is 5.03. The van der Waals surface area contributed by atoms with Gasteiger partial charge in [0.15, 0.2) is 11.5 Å². The Morgan fingerprint density at radius 1 is 1.56 bits per heavy atom. The van der Waals surface area contributed by atoms with Gasteiger partial charge in [-0.15, -0.1) is 0 Å². The Morgan fingerprint density at radius 2 is 2.33 bits per heavy atom. The summed E-state index contributed by atoms with van der Waals surface area (Å²) in [5, 5.41) is 22.4. The van der Waals surface area contributed by atoms with Crippen molar-refractivity contribution in [2.45, 2.75) is 6.54 Å². The molecule has 92 valence electrons. The number of aromatic nitrogens is 2. The van der Waals surface area contributed by atoms with Crippen LogP contribution in [-0.2, 0) is 6.54 Å². The van der Waals surface area contributed by atoms with E-state index in [1.165, 1.54) is 19.2 Å². The summed E-state index contributed by atoms with van der Waals surface area (Å²) < 4.78 is 9.78. The molecule has 1 aromatic heterocycles. The number of phenols is 1. The molecular formula is C11H10N4O3. The molecule has 0 aliphatic carbocycles. The van der Waals surface area contributed by atoms with E-state index in [9.17, 15) is 5.11 Å². The predicted molar refractivity (Wildman–Crippen MR) is 60.6 cm³/mol. The molecule has 3 N–H and O–H groups in total. The van der Waals surface area contributed by atoms with E-state index in [2.05, 4.69) is 10.1 Å². The van der Waals surface area contributed by atoms with Gasteiger partial charge in [-0.25, -0.2) is 0 Å². The predicted octanol–water partition coefficient (Wildman–Crippen LogP) is 0.781. The number of aromatic hydroxyl groups is 1. The zero-order valence-corrected chi connectivity index (χ0v) is 9.54. The second-order valence-electron chi connectivity index (χ2n) is 3.40. The van der Waals surface area contributed by atoms with Gasteiger partial charge in [0.2, 0.25) is 11.7 Å². The van der Waals surface area contributed by atoms with Gasteiger partial charge >= 0.3 is 0 Å². The standard InChI is InChI=1S/C11H10N4O3/c1-17-10-7(4-12)2-6(3-8(10)16)11-14-9(5-13)18-15-11/h2-3,16H,5,13H2,1H3. The number of nitrogens with zero attached hydrogens (tertiary/aromatic N) is 3. The zero-order chi connectivity index (χ0) is 13.1. The summed E-state index contributed by atoms with van der Waals surface area (Å²) in [5.41, 5.74) is 5.99. The van der Waals surface area contributed by atoms with Crippen LogP contribution in [0.5, 0.6) is 11.5 Å². The van der Waals surface area contributed by atoms with E-state index >= 15 is 0 Å². The van der Waals surface area contributed by atoms with Gasteiger partial charge in [-0.2, -0.15) is 10.2 Å². The molecule has 0 saturated heterocycles. The first kappa shape index (κ1) is 11.9. The van der Waals surface area contributed by atoms with Crippen LogP contribution in [0.2, 0.25) is 0 Å². The van der Waals surface area contributed by atoms with Gasteiger partial charge in [-0.1, -0.05) is 5.16 Å². The highest BCUT2D eigenvalue weighted by Gasteiger charge is 2.15. The summed E-state index contributed by atoms with van der Waals surface area (Å²) in [4.78, 5) is 4.01. The molecule has 2 rings (SSSR count). The van der Waals surface area contributed by atoms with Gasteiger partial charge in [0.1, 0.15) is 6.07 Å². The highest BCUT2D eigenvalue weighted by Crippen LogP contribution is 2.34. The largest absolute Gasteiger partial charge is 0.504 e. The molecule has 7 nitrogen and oxygen atoms in total. The molecule has 7 heteroatoms. The van der Waals surface area contributed by atoms with Crippen LogP contribution in [0.3, 0.4) is 0 Å². The fraction of sp³-hybridized carbons (Fsp3) is 0.182. The maximum Gasteiger partial charge on any atom is 0.240 e. The zero-order valence-electron chi connectivity index (χ0n) is 9.54. The Hall–Kier alpha value is -2.59. The van der Waals surface area contributed by atoms with Crippen LogP contribution < -0.4 is 10.5 Å². The van der Waals surface area contributed by atoms with Crippen molar-refractivity contribution in [3.8, 4) is 29.0 Å². The van der Waals surface area contributed by atoms with Gasteiger partial charge in [0.25, 0.3) is 0 Å². The molecule has 1 aromatic carbocycles. The molecule has 1 heterocycles. The fourth-order valence-electron chi connectivity index (χ4n) is 1.50. The lowest BCUT2D eigenvalue weighted by Crippen LogP contribution is -1.96. The van der Waals surface area contributed by atoms with E-state index in [0.29, 0.717) is 5.56 Å². The van der Waals surface area contributed by atoms with E-state index < -0.39 is 0 Å². The average molecular weight is 246 g/mol. The van der Waals surface area contributed by atoms with Crippen LogP contribution in [0.25, 0.3) is 11.4 Å². The van der Waals surface area contributed by atoms with Crippen molar-refractivity contribution in [1.29, 1.82) is 5.26 Å². The minimum atomic E-state index is -0.161. The van der Waals surface area contributed by atoms with Crippen molar-refractivity contribution in [2.24, 2.45) is 5.73 Å². The summed E-state index contributed by atoms with van der Waals surface area (Å²) in [6.45, 7) is 0.125. The number of hydrogen-bond donors (Lipinski definition) is 2. The highest BCUT2D eigenvalue weighted by molar-refractivity contribution is 5.66. The van der Waals surface area contributed by atoms with Crippen molar-refractivity contribution >= 4 is 0 Å². The van der Waals surface area contributed by atoms with Gasteiger partial charge in [0, 0.05) is 5.56 Å². The quantitative estimate of drug-likeness (QED) is 0.821. The fourth-order valence-corrected chi connectivity index (χ4v) is 1.50. The van der Waals surface area contributed by atoms with E-state index in [1.54, 1.807) is 0 Å². The third-order valence-corrected chi connectivity index (χ3v) is 2.29. The molecule has 0 aliphatic heterocycles. The summed E-state index contributed by atoms with van der Waals surface area (Å²) in [6.07, 6.45) is 0. The van der Waals surface area contributed by atoms with Gasteiger partial charge in [0.05, 0.1) is 19.2 Å². The van der Waals surface area contributed by atoms with Gasteiger partial charge in [-0.05, 0) is 12.1 Å². The number of rotatable bonds is 3. The monoisotopic (exact) mass is 246 g/mol. The number of benzene rings is 1. The lowest BCUT2D eigenvalue weighted by molar-refractivity contribution is 0.372. The topological polar surface area (TPSA) is 118 Å². The molecule has 0 fully saturated rings. The molecule has 0 spiro atoms. The molecule has 0 bridgehead atoms. The summed E-state index contributed by atoms with van der Waals surface area (Å²) in [6, 6.07) is 4.82. The van der Waals surface area contributed by atoms with Crippen molar-refractivity contribution in [2.75, 3.05) is 7.11 Å². The lowest BCUT2D eigenvalue weighted by Gasteiger charge is -2.06. The van der Waals surface area contributed by atoms with Crippen molar-refractivity contribution < 1.29 is 14.4 Å². The molecule has 18 heavy (non-hydrogen) atoms. The molecule has 0 saturated carbocycles. The van der Waals surface area contributed by atoms with Crippen LogP contribution in [0.4, 0.5) is 0 Å². The Morgan fingerprint density at radius 3 is 2.89 bits per heavy atom. The second kappa shape index (κ2) is 4.73. The second-order valence-corrected chi connectivity index (χ2v) is 3.40. The number of methoxy groups -OCH3 is 1. The lowest BCUT2D eigenvalue weighted by atomic mass is 10.1. The molecule has 0 unspecified atom stereocenters. The molecule has 0 aliphatic rings. The van der Waals surface area contributed by atoms with E-state index in [1.807, 2.05) is 6.07 Å². The Balaban J connectivity index is 2.53. The number of nitriles is 1. The van der Waals surface area contributed by atoms with Crippen LogP contribution >= 0.6 is 0 Å². The van der Waals surface area contributed by atoms with E-state index in [0.717, 1.165) is 0 Å². The van der Waals surface area contributed by atoms with E-state index in [4.69, 9.17) is 20.3 Å². The Kier molecular flexibility index (Phi) is 3.12. The number of hydrogen-bond acceptors (Lipinski definition) is 7. The van der Waals surface area contributed by atoms with Gasteiger partial charge in [-0.3, -0.25) is 0 Å². The third-order valence-electron chi connectivity index (χ3n) is 2.29. The normalized spacial score (nSPS) is 10.1. The van der Waals surface area contributed by atoms with Crippen LogP contribution in [0, 0.1) is 11.3 Å². The first-order valence-electron chi connectivity index (χ1n) is 5.03. The summed E-state index contributed by atoms with van der Waals surface area (Å²) >= 11 is 0. The minimum Gasteiger partial charge on any atom is -0.504 e. The highest BCUT2D eigenvalue weighted by atomic mass is 16.5. The van der Waals surface area contributed by atoms with E-state index in [-0.39, 0.29) is 35.3 Å². The maximum atomic E-state index is 9.74. The molecule has 0 radical (unpaired) electrons. The number of ether oxygens (including phenoxy) is 1. The number of phenolic OH excluding ortho intramolecular Hbond substituents is 1. The average Bonchev–Trinajstić information content (AvgIpc) is 2.86. The maximum absolute atomic E-state index is 9.74. The third kappa shape index (κ3) is 1.97. The SMILES string of the molecule is COc1c(O)cc(-c2noc(CN)n2)cc1C#N. The van der Waals surface area contributed by atoms with Crippen molar-refractivity contribution in [1.82, 2.24) is 10.1 Å². The first-order chi connectivity index (χ1) is 8.69. The van der Waals surface area contributed by atoms with Crippen molar-refractivity contribution in [3.05, 3.63) is 23.6 Å². The van der Waals surface area contributed by atoms with Crippen molar-refractivity contribution in [3.63, 3.8) is 0 Å². The summed E-state index contributed by atoms with van der Waals surface area (Å²) in [5.74, 6) is 0.484. The molecular weight excluding hydrogens is 236 g/mol. The summed E-state index contributed by atoms with van der Waals surface area (Å²) in [7, 11) is 1.37. The molecule has 0 amide bonds. The Bertz CT molecular complexity index is 615. The molecule has 2 aromatic rings. The van der Waals surface area contributed by atoms with Gasteiger partial charge < -0.3 is 20.1 Å². The molecule has 0 atom stereocenters. The smallest absolute Gasteiger partial charge is 0.240 e. The Labute approximate surface area is 102 Å².